The number of aromatic nitrogens is 1. The molecule has 3 aromatic carbocycles. The van der Waals surface area contributed by atoms with Gasteiger partial charge < -0.3 is 15.0 Å². The minimum absolute atomic E-state index is 0.225. The number of fused-ring (bicyclic) bond motifs is 1. The van der Waals surface area contributed by atoms with E-state index in [1.165, 1.54) is 0 Å². The molecular weight excluding hydrogens is 364 g/mol. The minimum atomic E-state index is -0.371. The number of carbonyl (C=O) groups excluding carboxylic acids is 1. The van der Waals surface area contributed by atoms with Gasteiger partial charge >= 0.3 is 0 Å². The first-order chi connectivity index (χ1) is 14.2. The second-order valence-corrected chi connectivity index (χ2v) is 6.69. The number of rotatable bonds is 5. The molecule has 144 valence electrons. The van der Waals surface area contributed by atoms with Crippen molar-refractivity contribution in [2.45, 2.75) is 6.04 Å². The molecule has 5 nitrogen and oxygen atoms in total. The lowest BCUT2D eigenvalue weighted by Gasteiger charge is -2.20. The SMILES string of the molecule is COc1ccc(C(NC(=O)c2cc3ccccc3c(=O)[nH]2)c2ccccc2)cc1. The zero-order valence-electron chi connectivity index (χ0n) is 15.9. The molecule has 4 aromatic rings. The maximum atomic E-state index is 13.0. The normalized spacial score (nSPS) is 11.8. The van der Waals surface area contributed by atoms with Gasteiger partial charge in [0, 0.05) is 5.39 Å². The number of aromatic amines is 1. The van der Waals surface area contributed by atoms with Crippen LogP contribution in [0, 0.1) is 0 Å². The van der Waals surface area contributed by atoms with Crippen LogP contribution in [0.3, 0.4) is 0 Å². The van der Waals surface area contributed by atoms with Crippen molar-refractivity contribution in [1.82, 2.24) is 10.3 Å². The van der Waals surface area contributed by atoms with E-state index in [0.717, 1.165) is 22.3 Å². The van der Waals surface area contributed by atoms with Crippen LogP contribution in [0.2, 0.25) is 0 Å². The van der Waals surface area contributed by atoms with Gasteiger partial charge in [0.25, 0.3) is 11.5 Å². The Bertz CT molecular complexity index is 1200. The Hall–Kier alpha value is -3.86. The molecule has 0 bridgehead atoms. The molecular formula is C24H20N2O3. The predicted molar refractivity (Wildman–Crippen MR) is 113 cm³/mol. The molecule has 29 heavy (non-hydrogen) atoms. The molecule has 0 radical (unpaired) electrons. The van der Waals surface area contributed by atoms with Crippen LogP contribution in [0.4, 0.5) is 0 Å². The van der Waals surface area contributed by atoms with Gasteiger partial charge in [-0.3, -0.25) is 9.59 Å². The van der Waals surface area contributed by atoms with Crippen LogP contribution in [0.25, 0.3) is 10.8 Å². The molecule has 0 saturated carbocycles. The van der Waals surface area contributed by atoms with Crippen molar-refractivity contribution < 1.29 is 9.53 Å². The number of methoxy groups -OCH3 is 1. The summed E-state index contributed by atoms with van der Waals surface area (Å²) in [7, 11) is 1.61. The van der Waals surface area contributed by atoms with Crippen molar-refractivity contribution in [2.75, 3.05) is 7.11 Å². The maximum Gasteiger partial charge on any atom is 0.268 e. The van der Waals surface area contributed by atoms with E-state index in [2.05, 4.69) is 10.3 Å². The molecule has 0 aliphatic rings. The van der Waals surface area contributed by atoms with Crippen LogP contribution in [0.1, 0.15) is 27.7 Å². The molecule has 1 heterocycles. The Morgan fingerprint density at radius 2 is 1.55 bits per heavy atom. The van der Waals surface area contributed by atoms with Crippen molar-refractivity contribution >= 4 is 16.7 Å². The number of amides is 1. The van der Waals surface area contributed by atoms with Crippen molar-refractivity contribution in [3.63, 3.8) is 0 Å². The van der Waals surface area contributed by atoms with Crippen LogP contribution in [0.15, 0.2) is 89.7 Å². The first kappa shape index (κ1) is 18.5. The molecule has 1 unspecified atom stereocenters. The smallest absolute Gasteiger partial charge is 0.268 e. The third-order valence-electron chi connectivity index (χ3n) is 4.86. The summed E-state index contributed by atoms with van der Waals surface area (Å²) in [6.45, 7) is 0. The van der Waals surface area contributed by atoms with Gasteiger partial charge in [0.1, 0.15) is 11.4 Å². The Balaban J connectivity index is 1.70. The first-order valence-corrected chi connectivity index (χ1v) is 9.27. The van der Waals surface area contributed by atoms with Crippen LogP contribution < -0.4 is 15.6 Å². The van der Waals surface area contributed by atoms with Gasteiger partial charge in [-0.25, -0.2) is 0 Å². The monoisotopic (exact) mass is 384 g/mol. The van der Waals surface area contributed by atoms with E-state index >= 15 is 0 Å². The first-order valence-electron chi connectivity index (χ1n) is 9.27. The highest BCUT2D eigenvalue weighted by Gasteiger charge is 2.19. The van der Waals surface area contributed by atoms with E-state index in [9.17, 15) is 9.59 Å². The lowest BCUT2D eigenvalue weighted by molar-refractivity contribution is 0.0938. The molecule has 5 heteroatoms. The van der Waals surface area contributed by atoms with Crippen molar-refractivity contribution in [3.8, 4) is 5.75 Å². The van der Waals surface area contributed by atoms with Crippen molar-refractivity contribution in [1.29, 1.82) is 0 Å². The van der Waals surface area contributed by atoms with Crippen molar-refractivity contribution in [2.24, 2.45) is 0 Å². The fourth-order valence-corrected chi connectivity index (χ4v) is 3.34. The number of nitrogens with one attached hydrogen (secondary N) is 2. The van der Waals surface area contributed by atoms with Gasteiger partial charge in [0.05, 0.1) is 13.2 Å². The second-order valence-electron chi connectivity index (χ2n) is 6.69. The van der Waals surface area contributed by atoms with E-state index in [1.54, 1.807) is 25.3 Å². The summed E-state index contributed by atoms with van der Waals surface area (Å²) in [5.41, 5.74) is 1.79. The molecule has 1 aromatic heterocycles. The topological polar surface area (TPSA) is 71.2 Å². The molecule has 0 aliphatic carbocycles. The largest absolute Gasteiger partial charge is 0.497 e. The summed E-state index contributed by atoms with van der Waals surface area (Å²) in [6, 6.07) is 25.8. The zero-order valence-corrected chi connectivity index (χ0v) is 15.9. The van der Waals surface area contributed by atoms with E-state index in [-0.39, 0.29) is 23.2 Å². The molecule has 0 aliphatic heterocycles. The van der Waals surface area contributed by atoms with Crippen LogP contribution in [-0.4, -0.2) is 18.0 Å². The van der Waals surface area contributed by atoms with Gasteiger partial charge in [-0.05, 0) is 40.8 Å². The van der Waals surface area contributed by atoms with Crippen molar-refractivity contribution in [3.05, 3.63) is 112 Å². The third kappa shape index (κ3) is 3.89. The Morgan fingerprint density at radius 3 is 2.28 bits per heavy atom. The Kier molecular flexibility index (Phi) is 5.12. The molecule has 1 atom stereocenters. The van der Waals surface area contributed by atoms with E-state index in [4.69, 9.17) is 4.74 Å². The highest BCUT2D eigenvalue weighted by molar-refractivity contribution is 5.96. The Labute approximate surface area is 168 Å². The maximum absolute atomic E-state index is 13.0. The predicted octanol–water partition coefficient (Wildman–Crippen LogP) is 4.06. The number of pyridine rings is 1. The van der Waals surface area contributed by atoms with Crippen LogP contribution in [0.5, 0.6) is 5.75 Å². The van der Waals surface area contributed by atoms with Crippen LogP contribution in [-0.2, 0) is 0 Å². The molecule has 0 fully saturated rings. The number of hydrogen-bond acceptors (Lipinski definition) is 3. The number of benzene rings is 3. The minimum Gasteiger partial charge on any atom is -0.497 e. The molecule has 2 N–H and O–H groups in total. The third-order valence-corrected chi connectivity index (χ3v) is 4.86. The van der Waals surface area contributed by atoms with E-state index < -0.39 is 0 Å². The number of carbonyl (C=O) groups is 1. The van der Waals surface area contributed by atoms with E-state index in [1.807, 2.05) is 66.7 Å². The van der Waals surface area contributed by atoms with Gasteiger partial charge in [-0.15, -0.1) is 0 Å². The molecule has 1 amide bonds. The Morgan fingerprint density at radius 1 is 0.897 bits per heavy atom. The zero-order chi connectivity index (χ0) is 20.2. The summed E-state index contributed by atoms with van der Waals surface area (Å²) >= 11 is 0. The summed E-state index contributed by atoms with van der Waals surface area (Å²) in [5.74, 6) is 0.392. The fourth-order valence-electron chi connectivity index (χ4n) is 3.34. The number of H-pyrrole nitrogens is 1. The molecule has 0 spiro atoms. The summed E-state index contributed by atoms with van der Waals surface area (Å²) < 4.78 is 5.23. The second kappa shape index (κ2) is 8.02. The average molecular weight is 384 g/mol. The molecule has 4 rings (SSSR count). The summed E-state index contributed by atoms with van der Waals surface area (Å²) in [5, 5.41) is 4.32. The fraction of sp³-hybridized carbons (Fsp3) is 0.0833. The lowest BCUT2D eigenvalue weighted by atomic mass is 9.98. The van der Waals surface area contributed by atoms with Gasteiger partial charge in [0.2, 0.25) is 0 Å². The number of ether oxygens (including phenoxy) is 1. The van der Waals surface area contributed by atoms with Gasteiger partial charge in [-0.1, -0.05) is 60.7 Å². The van der Waals surface area contributed by atoms with Gasteiger partial charge in [0.15, 0.2) is 0 Å². The summed E-state index contributed by atoms with van der Waals surface area (Å²) in [6.07, 6.45) is 0. The van der Waals surface area contributed by atoms with Gasteiger partial charge in [-0.2, -0.15) is 0 Å². The number of hydrogen-bond donors (Lipinski definition) is 2. The highest BCUT2D eigenvalue weighted by Crippen LogP contribution is 2.24. The average Bonchev–Trinajstić information content (AvgIpc) is 2.78. The highest BCUT2D eigenvalue weighted by atomic mass is 16.5. The van der Waals surface area contributed by atoms with Crippen LogP contribution >= 0.6 is 0 Å². The van der Waals surface area contributed by atoms with E-state index in [0.29, 0.717) is 5.39 Å². The summed E-state index contributed by atoms with van der Waals surface area (Å²) in [4.78, 5) is 28.1. The standard InChI is InChI=1S/C24H20N2O3/c1-29-19-13-11-17(12-14-19)22(16-7-3-2-4-8-16)26-24(28)21-15-18-9-5-6-10-20(18)23(27)25-21/h2-15,22H,1H3,(H,25,27)(H,26,28). The quantitative estimate of drug-likeness (QED) is 0.545. The molecule has 0 saturated heterocycles. The lowest BCUT2D eigenvalue weighted by Crippen LogP contribution is -2.31.